The van der Waals surface area contributed by atoms with Gasteiger partial charge in [-0.05, 0) is 45.3 Å². The van der Waals surface area contributed by atoms with Crippen LogP contribution < -0.4 is 5.19 Å². The fourth-order valence-electron chi connectivity index (χ4n) is 2.61. The van der Waals surface area contributed by atoms with Crippen molar-refractivity contribution < 1.29 is 0 Å². The lowest BCUT2D eigenvalue weighted by Crippen LogP contribution is -2.39. The zero-order chi connectivity index (χ0) is 18.8. The van der Waals surface area contributed by atoms with E-state index in [0.29, 0.717) is 21.2 Å². The number of nitriles is 4. The summed E-state index contributed by atoms with van der Waals surface area (Å²) in [5, 5.41) is 38.3. The lowest BCUT2D eigenvalue weighted by Gasteiger charge is -2.23. The molecule has 0 bridgehead atoms. The van der Waals surface area contributed by atoms with Crippen LogP contribution in [0.5, 0.6) is 0 Å². The smallest absolute Gasteiger partial charge is 0.102 e. The average molecular weight is 405 g/mol. The maximum absolute atomic E-state index is 9.40. The van der Waals surface area contributed by atoms with Gasteiger partial charge >= 0.3 is 0 Å². The van der Waals surface area contributed by atoms with Gasteiger partial charge in [-0.2, -0.15) is 21.0 Å². The Balaban J connectivity index is 2.94. The molecule has 0 saturated heterocycles. The van der Waals surface area contributed by atoms with E-state index in [0.717, 1.165) is 16.3 Å². The Labute approximate surface area is 156 Å². The molecule has 6 heteroatoms. The highest BCUT2D eigenvalue weighted by atomic mass is 79.9. The maximum atomic E-state index is 9.40. The van der Waals surface area contributed by atoms with Crippen LogP contribution in [0.15, 0.2) is 28.7 Å². The Bertz CT molecular complexity index is 1040. The van der Waals surface area contributed by atoms with Gasteiger partial charge in [-0.1, -0.05) is 30.9 Å². The first-order valence-electron chi connectivity index (χ1n) is 7.40. The highest BCUT2D eigenvalue weighted by Gasteiger charge is 2.25. The molecule has 0 radical (unpaired) electrons. The molecule has 0 aliphatic rings. The van der Waals surface area contributed by atoms with Gasteiger partial charge in [0.2, 0.25) is 0 Å². The van der Waals surface area contributed by atoms with Crippen molar-refractivity contribution in [1.82, 2.24) is 0 Å². The van der Waals surface area contributed by atoms with Gasteiger partial charge in [0, 0.05) is 4.47 Å². The summed E-state index contributed by atoms with van der Waals surface area (Å²) < 4.78 is 0.530. The molecule has 2 rings (SSSR count). The SMILES string of the molecule is C[Si](C)(C)c1cc(C#N)c(C#N)cc1-c1ccc(C#N)c(C#N)c1Br. The van der Waals surface area contributed by atoms with Crippen LogP contribution in [-0.4, -0.2) is 8.07 Å². The van der Waals surface area contributed by atoms with Gasteiger partial charge in [0.1, 0.15) is 24.3 Å². The number of hydrogen-bond acceptors (Lipinski definition) is 4. The van der Waals surface area contributed by atoms with Crippen molar-refractivity contribution in [3.8, 4) is 35.4 Å². The van der Waals surface area contributed by atoms with E-state index < -0.39 is 8.07 Å². The average Bonchev–Trinajstić information content (AvgIpc) is 2.59. The molecule has 4 nitrogen and oxygen atoms in total. The van der Waals surface area contributed by atoms with Crippen molar-refractivity contribution in [1.29, 1.82) is 21.0 Å². The van der Waals surface area contributed by atoms with E-state index in [4.69, 9.17) is 0 Å². The number of nitrogens with zero attached hydrogens (tertiary/aromatic N) is 4. The van der Waals surface area contributed by atoms with Gasteiger partial charge in [-0.15, -0.1) is 0 Å². The Morgan fingerprint density at radius 2 is 1.32 bits per heavy atom. The molecule has 0 unspecified atom stereocenters. The van der Waals surface area contributed by atoms with Crippen LogP contribution in [0.4, 0.5) is 0 Å². The molecule has 0 heterocycles. The molecule has 0 fully saturated rings. The van der Waals surface area contributed by atoms with E-state index in [1.165, 1.54) is 0 Å². The summed E-state index contributed by atoms with van der Waals surface area (Å²) in [5.74, 6) is 0. The van der Waals surface area contributed by atoms with Crippen molar-refractivity contribution >= 4 is 29.2 Å². The minimum atomic E-state index is -1.85. The van der Waals surface area contributed by atoms with E-state index in [1.807, 2.05) is 6.07 Å². The van der Waals surface area contributed by atoms with Crippen molar-refractivity contribution in [2.75, 3.05) is 0 Å². The van der Waals surface area contributed by atoms with Crippen molar-refractivity contribution in [2.24, 2.45) is 0 Å². The number of benzene rings is 2. The zero-order valence-electron chi connectivity index (χ0n) is 14.0. The van der Waals surface area contributed by atoms with Crippen LogP contribution in [0.25, 0.3) is 11.1 Å². The second-order valence-electron chi connectivity index (χ2n) is 6.49. The van der Waals surface area contributed by atoms with E-state index in [-0.39, 0.29) is 5.56 Å². The van der Waals surface area contributed by atoms with Gasteiger partial charge in [0.15, 0.2) is 0 Å². The highest BCUT2D eigenvalue weighted by Crippen LogP contribution is 2.34. The first-order chi connectivity index (χ1) is 11.8. The first-order valence-corrected chi connectivity index (χ1v) is 11.7. The molecule has 0 amide bonds. The van der Waals surface area contributed by atoms with Gasteiger partial charge in [0.25, 0.3) is 0 Å². The normalized spacial score (nSPS) is 10.2. The molecule has 0 aliphatic heterocycles. The van der Waals surface area contributed by atoms with Gasteiger partial charge < -0.3 is 0 Å². The monoisotopic (exact) mass is 404 g/mol. The third kappa shape index (κ3) is 3.33. The molecule has 0 atom stereocenters. The highest BCUT2D eigenvalue weighted by molar-refractivity contribution is 9.10. The second-order valence-corrected chi connectivity index (χ2v) is 12.3. The van der Waals surface area contributed by atoms with Gasteiger partial charge in [-0.25, -0.2) is 0 Å². The summed E-state index contributed by atoms with van der Waals surface area (Å²) in [6.45, 7) is 6.46. The van der Waals surface area contributed by atoms with E-state index in [2.05, 4.69) is 53.8 Å². The van der Waals surface area contributed by atoms with Gasteiger partial charge in [-0.3, -0.25) is 0 Å². The minimum Gasteiger partial charge on any atom is -0.192 e. The van der Waals surface area contributed by atoms with Crippen LogP contribution in [-0.2, 0) is 0 Å². The third-order valence-corrected chi connectivity index (χ3v) is 6.72. The molecular weight excluding hydrogens is 392 g/mol. The predicted octanol–water partition coefficient (Wildman–Crippen LogP) is 4.15. The molecule has 0 aliphatic carbocycles. The Hall–Kier alpha value is -2.90. The quantitative estimate of drug-likeness (QED) is 0.702. The van der Waals surface area contributed by atoms with Crippen LogP contribution >= 0.6 is 15.9 Å². The van der Waals surface area contributed by atoms with Crippen molar-refractivity contribution in [2.45, 2.75) is 19.6 Å². The number of halogens is 1. The second kappa shape index (κ2) is 6.92. The Kier molecular flexibility index (Phi) is 5.10. The van der Waals surface area contributed by atoms with Gasteiger partial charge in [0.05, 0.1) is 30.3 Å². The molecule has 2 aromatic rings. The first kappa shape index (κ1) is 18.4. The topological polar surface area (TPSA) is 95.2 Å². The Morgan fingerprint density at radius 3 is 1.80 bits per heavy atom. The van der Waals surface area contributed by atoms with Crippen LogP contribution in [0.2, 0.25) is 19.6 Å². The largest absolute Gasteiger partial charge is 0.192 e. The molecule has 25 heavy (non-hydrogen) atoms. The zero-order valence-corrected chi connectivity index (χ0v) is 16.6. The minimum absolute atomic E-state index is 0.268. The van der Waals surface area contributed by atoms with Crippen molar-refractivity contribution in [3.63, 3.8) is 0 Å². The summed E-state index contributed by atoms with van der Waals surface area (Å²) in [6, 6.07) is 15.1. The Morgan fingerprint density at radius 1 is 0.760 bits per heavy atom. The summed E-state index contributed by atoms with van der Waals surface area (Å²) in [5.41, 5.74) is 2.78. The fraction of sp³-hybridized carbons (Fsp3) is 0.158. The molecule has 120 valence electrons. The molecule has 2 aromatic carbocycles. The lowest BCUT2D eigenvalue weighted by atomic mass is 9.97. The molecule has 0 saturated carbocycles. The van der Waals surface area contributed by atoms with Crippen LogP contribution in [0, 0.1) is 45.3 Å². The summed E-state index contributed by atoms with van der Waals surface area (Å²) in [7, 11) is -1.85. The molecular formula is C19H13BrN4Si. The van der Waals surface area contributed by atoms with Crippen molar-refractivity contribution in [3.05, 3.63) is 51.0 Å². The number of rotatable bonds is 2. The lowest BCUT2D eigenvalue weighted by molar-refractivity contribution is 1.40. The van der Waals surface area contributed by atoms with Crippen LogP contribution in [0.1, 0.15) is 22.3 Å². The maximum Gasteiger partial charge on any atom is 0.102 e. The number of hydrogen-bond donors (Lipinski definition) is 0. The fourth-order valence-corrected chi connectivity index (χ4v) is 4.85. The standard InChI is InChI=1S/C19H13BrN4Si/c1-25(2,3)18-7-14(10-23)13(9-22)6-16(18)15-5-4-12(8-21)17(11-24)19(15)20/h4-7H,1-3H3. The molecule has 0 aromatic heterocycles. The van der Waals surface area contributed by atoms with E-state index in [9.17, 15) is 21.0 Å². The summed E-state index contributed by atoms with van der Waals surface area (Å²) >= 11 is 3.45. The van der Waals surface area contributed by atoms with Crippen LogP contribution in [0.3, 0.4) is 0 Å². The molecule has 0 spiro atoms. The van der Waals surface area contributed by atoms with E-state index in [1.54, 1.807) is 24.3 Å². The predicted molar refractivity (Wildman–Crippen MR) is 101 cm³/mol. The third-order valence-electron chi connectivity index (χ3n) is 3.87. The summed E-state index contributed by atoms with van der Waals surface area (Å²) in [4.78, 5) is 0. The molecule has 0 N–H and O–H groups in total. The summed E-state index contributed by atoms with van der Waals surface area (Å²) in [6.07, 6.45) is 0. The van der Waals surface area contributed by atoms with E-state index >= 15 is 0 Å².